The topological polar surface area (TPSA) is 40.1 Å². The molecule has 3 saturated heterocycles. The third-order valence-electron chi connectivity index (χ3n) is 6.40. The van der Waals surface area contributed by atoms with Crippen molar-refractivity contribution < 1.29 is 4.74 Å². The number of morpholine rings is 1. The third-order valence-corrected chi connectivity index (χ3v) is 6.40. The number of nitrogens with one attached hydrogen (secondary N) is 1. The van der Waals surface area contributed by atoms with Crippen molar-refractivity contribution in [3.63, 3.8) is 0 Å². The molecule has 1 N–H and O–H groups in total. The fourth-order valence-corrected chi connectivity index (χ4v) is 4.87. The lowest BCUT2D eigenvalue weighted by Crippen LogP contribution is -2.51. The molecule has 0 aliphatic carbocycles. The molecule has 3 heterocycles. The summed E-state index contributed by atoms with van der Waals surface area (Å²) in [6.07, 6.45) is 6.85. The van der Waals surface area contributed by atoms with Crippen LogP contribution in [0.4, 0.5) is 0 Å². The Morgan fingerprint density at radius 2 is 2.00 bits per heavy atom. The Morgan fingerprint density at radius 3 is 2.72 bits per heavy atom. The number of rotatable bonds is 5. The number of hydrogen-bond donors (Lipinski definition) is 1. The van der Waals surface area contributed by atoms with E-state index in [1.807, 2.05) is 7.05 Å². The van der Waals surface area contributed by atoms with E-state index in [1.54, 1.807) is 0 Å². The summed E-state index contributed by atoms with van der Waals surface area (Å²) < 4.78 is 6.07. The summed E-state index contributed by atoms with van der Waals surface area (Å²) in [5, 5.41) is 3.58. The first kappa shape index (κ1) is 21.2. The standard InChI is InChI=1S/C19H36N4O.HI/c1-4-15(5-2)16-8-10-23(12-16)19(20-3)21-11-18-13-22-9-6-7-17(22)14-24-18;/h15-18H,4-14H2,1-3H3,(H,20,21);1H. The van der Waals surface area contributed by atoms with Gasteiger partial charge in [0.2, 0.25) is 0 Å². The number of guanidine groups is 1. The number of fused-ring (bicyclic) bond motifs is 1. The molecule has 146 valence electrons. The Kier molecular flexibility index (Phi) is 8.75. The molecule has 0 spiro atoms. The first-order chi connectivity index (χ1) is 11.7. The van der Waals surface area contributed by atoms with Gasteiger partial charge in [-0.3, -0.25) is 9.89 Å². The summed E-state index contributed by atoms with van der Waals surface area (Å²) in [4.78, 5) is 9.59. The van der Waals surface area contributed by atoms with Gasteiger partial charge < -0.3 is 15.0 Å². The number of likely N-dealkylation sites (tertiary alicyclic amines) is 1. The third kappa shape index (κ3) is 5.22. The van der Waals surface area contributed by atoms with Crippen molar-refractivity contribution in [2.75, 3.05) is 46.4 Å². The Balaban J connectivity index is 0.00000225. The Bertz CT molecular complexity index is 430. The van der Waals surface area contributed by atoms with E-state index in [2.05, 4.69) is 34.0 Å². The van der Waals surface area contributed by atoms with Gasteiger partial charge in [0, 0.05) is 39.3 Å². The summed E-state index contributed by atoms with van der Waals surface area (Å²) in [6.45, 7) is 11.1. The van der Waals surface area contributed by atoms with Crippen LogP contribution in [0.2, 0.25) is 0 Å². The van der Waals surface area contributed by atoms with Crippen LogP contribution in [-0.4, -0.2) is 74.3 Å². The Hall–Kier alpha value is -0.0800. The monoisotopic (exact) mass is 464 g/mol. The van der Waals surface area contributed by atoms with E-state index in [9.17, 15) is 0 Å². The van der Waals surface area contributed by atoms with Crippen LogP contribution in [0.15, 0.2) is 4.99 Å². The van der Waals surface area contributed by atoms with Crippen LogP contribution in [0, 0.1) is 11.8 Å². The maximum absolute atomic E-state index is 6.07. The van der Waals surface area contributed by atoms with E-state index in [0.29, 0.717) is 12.1 Å². The van der Waals surface area contributed by atoms with Gasteiger partial charge in [0.25, 0.3) is 0 Å². The molecule has 6 heteroatoms. The number of ether oxygens (including phenoxy) is 1. The molecule has 0 aromatic carbocycles. The van der Waals surface area contributed by atoms with Crippen molar-refractivity contribution >= 4 is 29.9 Å². The fourth-order valence-electron chi connectivity index (χ4n) is 4.87. The van der Waals surface area contributed by atoms with E-state index in [0.717, 1.165) is 50.6 Å². The summed E-state index contributed by atoms with van der Waals surface area (Å²) >= 11 is 0. The summed E-state index contributed by atoms with van der Waals surface area (Å²) in [5.74, 6) is 2.76. The predicted molar refractivity (Wildman–Crippen MR) is 115 cm³/mol. The lowest BCUT2D eigenvalue weighted by Gasteiger charge is -2.35. The van der Waals surface area contributed by atoms with Crippen LogP contribution in [-0.2, 0) is 4.74 Å². The lowest BCUT2D eigenvalue weighted by atomic mass is 9.87. The highest BCUT2D eigenvalue weighted by Crippen LogP contribution is 2.28. The van der Waals surface area contributed by atoms with Crippen molar-refractivity contribution in [1.82, 2.24) is 15.1 Å². The van der Waals surface area contributed by atoms with Gasteiger partial charge in [0.1, 0.15) is 0 Å². The lowest BCUT2D eigenvalue weighted by molar-refractivity contribution is -0.0454. The first-order valence-corrected chi connectivity index (χ1v) is 10.1. The van der Waals surface area contributed by atoms with Crippen LogP contribution in [0.1, 0.15) is 46.0 Å². The minimum absolute atomic E-state index is 0. The van der Waals surface area contributed by atoms with E-state index in [-0.39, 0.29) is 24.0 Å². The largest absolute Gasteiger partial charge is 0.373 e. The smallest absolute Gasteiger partial charge is 0.193 e. The number of hydrogen-bond acceptors (Lipinski definition) is 3. The van der Waals surface area contributed by atoms with Crippen LogP contribution in [0.3, 0.4) is 0 Å². The van der Waals surface area contributed by atoms with Gasteiger partial charge in [-0.1, -0.05) is 26.7 Å². The second-order valence-electron chi connectivity index (χ2n) is 7.75. The van der Waals surface area contributed by atoms with Crippen LogP contribution < -0.4 is 5.32 Å². The molecule has 0 bridgehead atoms. The van der Waals surface area contributed by atoms with Gasteiger partial charge in [-0.15, -0.1) is 24.0 Å². The molecule has 3 fully saturated rings. The second-order valence-corrected chi connectivity index (χ2v) is 7.75. The van der Waals surface area contributed by atoms with Crippen molar-refractivity contribution in [2.45, 2.75) is 58.1 Å². The van der Waals surface area contributed by atoms with Gasteiger partial charge in [-0.05, 0) is 37.6 Å². The van der Waals surface area contributed by atoms with Crippen LogP contribution in [0.5, 0.6) is 0 Å². The highest BCUT2D eigenvalue weighted by molar-refractivity contribution is 14.0. The molecule has 25 heavy (non-hydrogen) atoms. The van der Waals surface area contributed by atoms with Crippen molar-refractivity contribution in [2.24, 2.45) is 16.8 Å². The van der Waals surface area contributed by atoms with E-state index < -0.39 is 0 Å². The van der Waals surface area contributed by atoms with Crippen molar-refractivity contribution in [1.29, 1.82) is 0 Å². The van der Waals surface area contributed by atoms with Gasteiger partial charge in [0.15, 0.2) is 5.96 Å². The summed E-state index contributed by atoms with van der Waals surface area (Å²) in [6, 6.07) is 0.680. The Morgan fingerprint density at radius 1 is 1.20 bits per heavy atom. The number of halogens is 1. The predicted octanol–water partition coefficient (Wildman–Crippen LogP) is 2.80. The normalized spacial score (nSPS) is 30.5. The Labute approximate surface area is 171 Å². The number of aliphatic imine (C=N–C) groups is 1. The molecular formula is C19H37IN4O. The average Bonchev–Trinajstić information content (AvgIpc) is 3.26. The van der Waals surface area contributed by atoms with Gasteiger partial charge in [-0.2, -0.15) is 0 Å². The zero-order valence-corrected chi connectivity index (χ0v) is 18.6. The average molecular weight is 464 g/mol. The molecule has 0 saturated carbocycles. The molecule has 3 rings (SSSR count). The van der Waals surface area contributed by atoms with Gasteiger partial charge in [-0.25, -0.2) is 0 Å². The van der Waals surface area contributed by atoms with E-state index in [4.69, 9.17) is 4.74 Å². The molecule has 3 unspecified atom stereocenters. The molecule has 3 aliphatic heterocycles. The molecule has 0 aromatic rings. The minimum atomic E-state index is 0. The molecule has 5 nitrogen and oxygen atoms in total. The first-order valence-electron chi connectivity index (χ1n) is 10.1. The zero-order valence-electron chi connectivity index (χ0n) is 16.2. The maximum atomic E-state index is 6.07. The highest BCUT2D eigenvalue weighted by atomic mass is 127. The van der Waals surface area contributed by atoms with Crippen LogP contribution >= 0.6 is 24.0 Å². The SMILES string of the molecule is CCC(CC)C1CCN(C(=NC)NCC2CN3CCCC3CO2)C1.I. The van der Waals surface area contributed by atoms with Crippen LogP contribution in [0.25, 0.3) is 0 Å². The van der Waals surface area contributed by atoms with Gasteiger partial charge >= 0.3 is 0 Å². The van der Waals surface area contributed by atoms with Gasteiger partial charge in [0.05, 0.1) is 12.7 Å². The quantitative estimate of drug-likeness (QED) is 0.386. The maximum Gasteiger partial charge on any atom is 0.193 e. The minimum Gasteiger partial charge on any atom is -0.373 e. The highest BCUT2D eigenvalue weighted by Gasteiger charge is 2.33. The second kappa shape index (κ2) is 10.3. The van der Waals surface area contributed by atoms with E-state index >= 15 is 0 Å². The number of nitrogens with zero attached hydrogens (tertiary/aromatic N) is 3. The molecule has 0 radical (unpaired) electrons. The molecular weight excluding hydrogens is 427 g/mol. The summed E-state index contributed by atoms with van der Waals surface area (Å²) in [7, 11) is 1.91. The molecule has 0 aromatic heterocycles. The molecule has 0 amide bonds. The zero-order chi connectivity index (χ0) is 16.9. The summed E-state index contributed by atoms with van der Waals surface area (Å²) in [5.41, 5.74) is 0. The molecule has 3 aliphatic rings. The fraction of sp³-hybridized carbons (Fsp3) is 0.947. The van der Waals surface area contributed by atoms with Crippen molar-refractivity contribution in [3.8, 4) is 0 Å². The molecule has 3 atom stereocenters. The van der Waals surface area contributed by atoms with Crippen molar-refractivity contribution in [3.05, 3.63) is 0 Å². The van der Waals surface area contributed by atoms with E-state index in [1.165, 1.54) is 38.6 Å².